The second kappa shape index (κ2) is 4.90. The first kappa shape index (κ1) is 14.5. The zero-order chi connectivity index (χ0) is 14.3. The highest BCUT2D eigenvalue weighted by molar-refractivity contribution is 7.55. The zero-order valence-electron chi connectivity index (χ0n) is 10.3. The molecule has 0 spiro atoms. The van der Waals surface area contributed by atoms with Crippen LogP contribution in [0.25, 0.3) is 0 Å². The van der Waals surface area contributed by atoms with E-state index in [4.69, 9.17) is 9.05 Å². The van der Waals surface area contributed by atoms with E-state index in [-0.39, 0.29) is 6.04 Å². The van der Waals surface area contributed by atoms with E-state index < -0.39 is 25.1 Å². The van der Waals surface area contributed by atoms with Gasteiger partial charge in [0.1, 0.15) is 5.78 Å². The van der Waals surface area contributed by atoms with Crippen LogP contribution < -0.4 is 5.32 Å². The quantitative estimate of drug-likeness (QED) is 0.684. The molecule has 0 amide bonds. The predicted molar refractivity (Wildman–Crippen MR) is 62.7 cm³/mol. The summed E-state index contributed by atoms with van der Waals surface area (Å²) in [4.78, 5) is 0. The predicted octanol–water partition coefficient (Wildman–Crippen LogP) is 3.16. The molecule has 1 aromatic carbocycles. The van der Waals surface area contributed by atoms with Crippen molar-refractivity contribution < 1.29 is 26.8 Å². The molecule has 1 fully saturated rings. The molecule has 1 saturated heterocycles. The van der Waals surface area contributed by atoms with Crippen molar-refractivity contribution in [2.24, 2.45) is 0 Å². The Bertz CT molecular complexity index is 495. The van der Waals surface area contributed by atoms with Gasteiger partial charge in [0, 0.05) is 14.2 Å². The molecule has 0 aliphatic carbocycles. The maximum absolute atomic E-state index is 12.4. The number of nitrogens with one attached hydrogen (secondary N) is 1. The van der Waals surface area contributed by atoms with E-state index >= 15 is 0 Å². The summed E-state index contributed by atoms with van der Waals surface area (Å²) in [6.07, 6.45) is -4.36. The van der Waals surface area contributed by atoms with Gasteiger partial charge in [-0.1, -0.05) is 12.1 Å². The lowest BCUT2D eigenvalue weighted by Gasteiger charge is -2.12. The number of rotatable bonds is 4. The number of hydrogen-bond acceptors (Lipinski definition) is 4. The summed E-state index contributed by atoms with van der Waals surface area (Å²) in [5.74, 6) is -0.515. The fourth-order valence-corrected chi connectivity index (χ4v) is 3.35. The van der Waals surface area contributed by atoms with Crippen LogP contribution in [0.15, 0.2) is 24.3 Å². The fourth-order valence-electron chi connectivity index (χ4n) is 1.86. The van der Waals surface area contributed by atoms with Crippen molar-refractivity contribution in [1.29, 1.82) is 0 Å². The van der Waals surface area contributed by atoms with Crippen LogP contribution in [0.5, 0.6) is 0 Å². The van der Waals surface area contributed by atoms with Crippen LogP contribution in [-0.4, -0.2) is 20.0 Å². The van der Waals surface area contributed by atoms with Crippen molar-refractivity contribution in [1.82, 2.24) is 5.32 Å². The van der Waals surface area contributed by atoms with Gasteiger partial charge in [-0.05, 0) is 17.7 Å². The van der Waals surface area contributed by atoms with Crippen molar-refractivity contribution in [2.75, 3.05) is 14.2 Å². The minimum absolute atomic E-state index is 0.312. The Morgan fingerprint density at radius 2 is 1.68 bits per heavy atom. The lowest BCUT2D eigenvalue weighted by molar-refractivity contribution is -0.137. The molecule has 0 saturated carbocycles. The van der Waals surface area contributed by atoms with E-state index in [9.17, 15) is 17.7 Å². The third-order valence-corrected chi connectivity index (χ3v) is 5.15. The van der Waals surface area contributed by atoms with Crippen molar-refractivity contribution in [3.05, 3.63) is 35.4 Å². The van der Waals surface area contributed by atoms with Gasteiger partial charge >= 0.3 is 13.8 Å². The van der Waals surface area contributed by atoms with Crippen molar-refractivity contribution in [2.45, 2.75) is 18.0 Å². The first-order chi connectivity index (χ1) is 8.81. The summed E-state index contributed by atoms with van der Waals surface area (Å²) in [6.45, 7) is 0. The molecule has 0 radical (unpaired) electrons. The van der Waals surface area contributed by atoms with E-state index in [2.05, 4.69) is 5.32 Å². The summed E-state index contributed by atoms with van der Waals surface area (Å²) in [5, 5.41) is 2.89. The lowest BCUT2D eigenvalue weighted by Crippen LogP contribution is -2.04. The van der Waals surface area contributed by atoms with Gasteiger partial charge in [-0.3, -0.25) is 9.88 Å². The average Bonchev–Trinajstić information content (AvgIpc) is 3.18. The molecule has 8 heteroatoms. The van der Waals surface area contributed by atoms with E-state index in [1.165, 1.54) is 26.4 Å². The number of alkyl halides is 3. The normalized spacial score (nSPS) is 23.4. The molecule has 2 atom stereocenters. The Labute approximate surface area is 108 Å². The molecule has 1 heterocycles. The first-order valence-corrected chi connectivity index (χ1v) is 7.07. The van der Waals surface area contributed by atoms with Crippen molar-refractivity contribution in [3.8, 4) is 0 Å². The number of halogens is 3. The Kier molecular flexibility index (Phi) is 3.75. The molecule has 1 aliphatic heterocycles. The topological polar surface area (TPSA) is 57.5 Å². The molecule has 0 aromatic heterocycles. The SMILES string of the molecule is COP(=O)(OC)[C@@H]1N[C@@H]1c1ccc(C(F)(F)F)cc1. The maximum atomic E-state index is 12.4. The highest BCUT2D eigenvalue weighted by Gasteiger charge is 2.52. The Balaban J connectivity index is 2.12. The number of benzene rings is 1. The maximum Gasteiger partial charge on any atom is 0.416 e. The molecule has 0 unspecified atom stereocenters. The van der Waals surface area contributed by atoms with E-state index in [0.717, 1.165) is 12.1 Å². The molecular weight excluding hydrogens is 282 g/mol. The Morgan fingerprint density at radius 3 is 2.11 bits per heavy atom. The summed E-state index contributed by atoms with van der Waals surface area (Å²) in [5.41, 5.74) is -0.0950. The highest BCUT2D eigenvalue weighted by atomic mass is 31.2. The van der Waals surface area contributed by atoms with Crippen LogP contribution in [0, 0.1) is 0 Å². The molecule has 1 aliphatic rings. The largest absolute Gasteiger partial charge is 0.416 e. The summed E-state index contributed by atoms with van der Waals surface area (Å²) >= 11 is 0. The Morgan fingerprint density at radius 1 is 1.16 bits per heavy atom. The van der Waals surface area contributed by atoms with Crippen LogP contribution in [0.3, 0.4) is 0 Å². The fraction of sp³-hybridized carbons (Fsp3) is 0.455. The minimum Gasteiger partial charge on any atom is -0.311 e. The van der Waals surface area contributed by atoms with E-state index in [1.807, 2.05) is 0 Å². The van der Waals surface area contributed by atoms with Crippen LogP contribution >= 0.6 is 7.60 Å². The molecular formula is C11H13F3NO3P. The smallest absolute Gasteiger partial charge is 0.311 e. The molecule has 19 heavy (non-hydrogen) atoms. The van der Waals surface area contributed by atoms with Gasteiger partial charge in [0.15, 0.2) is 0 Å². The molecule has 106 valence electrons. The van der Waals surface area contributed by atoms with Crippen LogP contribution in [0.1, 0.15) is 17.2 Å². The molecule has 4 nitrogen and oxygen atoms in total. The second-order valence-electron chi connectivity index (χ2n) is 4.11. The zero-order valence-corrected chi connectivity index (χ0v) is 11.2. The summed E-state index contributed by atoms with van der Waals surface area (Å²) < 4.78 is 58.9. The monoisotopic (exact) mass is 295 g/mol. The van der Waals surface area contributed by atoms with Crippen molar-refractivity contribution in [3.63, 3.8) is 0 Å². The molecule has 2 rings (SSSR count). The lowest BCUT2D eigenvalue weighted by atomic mass is 10.1. The van der Waals surface area contributed by atoms with Gasteiger partial charge in [-0.15, -0.1) is 0 Å². The van der Waals surface area contributed by atoms with Crippen molar-refractivity contribution >= 4 is 7.60 Å². The third kappa shape index (κ3) is 2.84. The number of hydrogen-bond donors (Lipinski definition) is 1. The van der Waals surface area contributed by atoms with Crippen LogP contribution in [-0.2, 0) is 19.8 Å². The molecule has 0 bridgehead atoms. The van der Waals surface area contributed by atoms with Crippen LogP contribution in [0.2, 0.25) is 0 Å². The van der Waals surface area contributed by atoms with E-state index in [1.54, 1.807) is 0 Å². The standard InChI is InChI=1S/C11H13F3NO3P/c1-17-19(16,18-2)10-9(15-10)7-3-5-8(6-4-7)11(12,13)14/h3-6,9-10,15H,1-2H3/t9-,10+/m1/s1. The van der Waals surface area contributed by atoms with Gasteiger partial charge in [0.2, 0.25) is 0 Å². The summed E-state index contributed by atoms with van der Waals surface area (Å²) in [6, 6.07) is 4.40. The Hall–Kier alpha value is -0.880. The van der Waals surface area contributed by atoms with Gasteiger partial charge < -0.3 is 9.05 Å². The average molecular weight is 295 g/mol. The van der Waals surface area contributed by atoms with Gasteiger partial charge in [0.05, 0.1) is 11.6 Å². The summed E-state index contributed by atoms with van der Waals surface area (Å²) in [7, 11) is -0.697. The minimum atomic E-state index is -4.36. The highest BCUT2D eigenvalue weighted by Crippen LogP contribution is 2.60. The van der Waals surface area contributed by atoms with Crippen LogP contribution in [0.4, 0.5) is 13.2 Å². The first-order valence-electron chi connectivity index (χ1n) is 5.46. The van der Waals surface area contributed by atoms with Gasteiger partial charge in [0.25, 0.3) is 0 Å². The van der Waals surface area contributed by atoms with Gasteiger partial charge in [-0.25, -0.2) is 0 Å². The van der Waals surface area contributed by atoms with Gasteiger partial charge in [-0.2, -0.15) is 13.2 Å². The third-order valence-electron chi connectivity index (χ3n) is 3.00. The van der Waals surface area contributed by atoms with E-state index in [0.29, 0.717) is 5.56 Å². The second-order valence-corrected chi connectivity index (χ2v) is 6.48. The molecule has 1 N–H and O–H groups in total. The molecule has 1 aromatic rings.